The Balaban J connectivity index is 0.000000209. The molecule has 1 aliphatic heterocycles. The Hall–Kier alpha value is -1.50. The van der Waals surface area contributed by atoms with Crippen molar-refractivity contribution in [2.45, 2.75) is 31.6 Å². The number of halogens is 2. The highest BCUT2D eigenvalue weighted by Crippen LogP contribution is 2.27. The third-order valence-electron chi connectivity index (χ3n) is 4.37. The zero-order valence-corrected chi connectivity index (χ0v) is 16.1. The van der Waals surface area contributed by atoms with Crippen LogP contribution in [0.3, 0.4) is 0 Å². The topological polar surface area (TPSA) is 35.5 Å². The van der Waals surface area contributed by atoms with Crippen LogP contribution in [0.25, 0.3) is 0 Å². The average Bonchev–Trinajstić information content (AvgIpc) is 3.24. The summed E-state index contributed by atoms with van der Waals surface area (Å²) < 4.78 is 25.8. The highest BCUT2D eigenvalue weighted by molar-refractivity contribution is 7.09. The Labute approximate surface area is 158 Å². The quantitative estimate of drug-likeness (QED) is 0.706. The number of phenols is 1. The molecule has 0 unspecified atom stereocenters. The molecular weight excluding hydrogens is 354 g/mol. The summed E-state index contributed by atoms with van der Waals surface area (Å²) in [7, 11) is 1.99. The van der Waals surface area contributed by atoms with Gasteiger partial charge in [-0.25, -0.2) is 8.78 Å². The Kier molecular flexibility index (Phi) is 8.48. The summed E-state index contributed by atoms with van der Waals surface area (Å²) in [5.74, 6) is -2.29. The van der Waals surface area contributed by atoms with Crippen molar-refractivity contribution in [1.29, 1.82) is 0 Å². The molecule has 0 spiro atoms. The van der Waals surface area contributed by atoms with Gasteiger partial charge in [0.15, 0.2) is 0 Å². The van der Waals surface area contributed by atoms with Gasteiger partial charge in [-0.05, 0) is 55.9 Å². The van der Waals surface area contributed by atoms with Gasteiger partial charge < -0.3 is 10.4 Å². The van der Waals surface area contributed by atoms with Crippen LogP contribution in [0.15, 0.2) is 41.8 Å². The zero-order valence-electron chi connectivity index (χ0n) is 15.3. The number of hydrogen-bond acceptors (Lipinski definition) is 4. The minimum Gasteiger partial charge on any atom is -0.508 e. The number of nitrogens with one attached hydrogen (secondary N) is 1. The van der Waals surface area contributed by atoms with Crippen molar-refractivity contribution < 1.29 is 13.9 Å². The van der Waals surface area contributed by atoms with Crippen LogP contribution in [0.2, 0.25) is 0 Å². The lowest BCUT2D eigenvalue weighted by Gasteiger charge is -2.15. The van der Waals surface area contributed by atoms with Crippen LogP contribution in [-0.2, 0) is 12.8 Å². The molecule has 2 N–H and O–H groups in total. The summed E-state index contributed by atoms with van der Waals surface area (Å²) in [5.41, 5.74) is 0.817. The van der Waals surface area contributed by atoms with Gasteiger partial charge in [-0.15, -0.1) is 11.3 Å². The second-order valence-electron chi connectivity index (χ2n) is 6.55. The van der Waals surface area contributed by atoms with Crippen LogP contribution < -0.4 is 5.32 Å². The molecule has 1 aliphatic rings. The highest BCUT2D eigenvalue weighted by Gasteiger charge is 2.37. The number of aromatic hydroxyl groups is 1. The third-order valence-corrected chi connectivity index (χ3v) is 5.30. The standard InChI is InChI=1S/C12H15F2NO.C8H13NS/c13-12(14)6-8-15(9-12)7-5-10-3-1-2-4-11(10)16;1-9-6-2-4-8-5-3-7-10-8/h1-4,16H,5-9H2;3,5,7,9H,2,4,6H2,1H3. The van der Waals surface area contributed by atoms with Crippen LogP contribution in [0.5, 0.6) is 5.75 Å². The SMILES string of the molecule is CNCCCc1cccs1.Oc1ccccc1CCN1CCC(F)(F)C1. The van der Waals surface area contributed by atoms with Crippen molar-refractivity contribution in [2.75, 3.05) is 33.2 Å². The van der Waals surface area contributed by atoms with Gasteiger partial charge in [-0.2, -0.15) is 0 Å². The predicted molar refractivity (Wildman–Crippen MR) is 104 cm³/mol. The Bertz CT molecular complexity index is 635. The van der Waals surface area contributed by atoms with Crippen molar-refractivity contribution >= 4 is 11.3 Å². The number of rotatable bonds is 7. The van der Waals surface area contributed by atoms with Crippen LogP contribution >= 0.6 is 11.3 Å². The van der Waals surface area contributed by atoms with Crippen LogP contribution in [0.1, 0.15) is 23.3 Å². The maximum atomic E-state index is 12.9. The van der Waals surface area contributed by atoms with Gasteiger partial charge in [0, 0.05) is 24.4 Å². The van der Waals surface area contributed by atoms with Crippen LogP contribution in [0, 0.1) is 0 Å². The lowest BCUT2D eigenvalue weighted by Crippen LogP contribution is -2.27. The number of benzene rings is 1. The maximum absolute atomic E-state index is 12.9. The second kappa shape index (κ2) is 10.6. The van der Waals surface area contributed by atoms with Gasteiger partial charge in [0.25, 0.3) is 5.92 Å². The maximum Gasteiger partial charge on any atom is 0.261 e. The van der Waals surface area contributed by atoms with E-state index in [2.05, 4.69) is 22.8 Å². The number of thiophene rings is 1. The fourth-order valence-electron chi connectivity index (χ4n) is 2.89. The number of hydrogen-bond donors (Lipinski definition) is 2. The number of aryl methyl sites for hydroxylation is 1. The summed E-state index contributed by atoms with van der Waals surface area (Å²) in [4.78, 5) is 3.24. The van der Waals surface area contributed by atoms with E-state index in [0.717, 1.165) is 12.1 Å². The van der Waals surface area contributed by atoms with Gasteiger partial charge >= 0.3 is 0 Å². The zero-order chi connectivity index (χ0) is 18.8. The molecule has 26 heavy (non-hydrogen) atoms. The highest BCUT2D eigenvalue weighted by atomic mass is 32.1. The molecule has 3 nitrogen and oxygen atoms in total. The molecule has 1 aromatic heterocycles. The van der Waals surface area contributed by atoms with E-state index in [0.29, 0.717) is 19.5 Å². The molecule has 1 fully saturated rings. The van der Waals surface area contributed by atoms with Gasteiger partial charge in [0.1, 0.15) is 5.75 Å². The monoisotopic (exact) mass is 382 g/mol. The number of para-hydroxylation sites is 1. The molecule has 1 aromatic carbocycles. The summed E-state index contributed by atoms with van der Waals surface area (Å²) in [5, 5.41) is 14.8. The Morgan fingerprint density at radius 2 is 2.00 bits per heavy atom. The predicted octanol–water partition coefficient (Wildman–Crippen LogP) is 4.18. The molecule has 0 atom stereocenters. The Morgan fingerprint density at radius 1 is 1.19 bits per heavy atom. The molecule has 2 heterocycles. The normalized spacial score (nSPS) is 16.3. The second-order valence-corrected chi connectivity index (χ2v) is 7.58. The largest absolute Gasteiger partial charge is 0.508 e. The van der Waals surface area contributed by atoms with E-state index in [1.165, 1.54) is 17.7 Å². The lowest BCUT2D eigenvalue weighted by atomic mass is 10.1. The van der Waals surface area contributed by atoms with Gasteiger partial charge in [-0.1, -0.05) is 24.3 Å². The summed E-state index contributed by atoms with van der Waals surface area (Å²) in [6.45, 7) is 1.99. The molecule has 0 bridgehead atoms. The minimum absolute atomic E-state index is 0.0478. The smallest absolute Gasteiger partial charge is 0.261 e. The fraction of sp³-hybridized carbons (Fsp3) is 0.500. The number of alkyl halides is 2. The number of phenolic OH excluding ortho intramolecular Hbond substituents is 1. The van der Waals surface area contributed by atoms with E-state index < -0.39 is 5.92 Å². The fourth-order valence-corrected chi connectivity index (χ4v) is 3.64. The third kappa shape index (κ3) is 7.40. The molecule has 2 aromatic rings. The number of likely N-dealkylation sites (tertiary alicyclic amines) is 1. The van der Waals surface area contributed by atoms with E-state index in [1.54, 1.807) is 17.0 Å². The average molecular weight is 383 g/mol. The summed E-state index contributed by atoms with van der Waals surface area (Å²) in [6, 6.07) is 11.3. The summed E-state index contributed by atoms with van der Waals surface area (Å²) >= 11 is 1.85. The van der Waals surface area contributed by atoms with Gasteiger partial charge in [0.05, 0.1) is 6.54 Å². The van der Waals surface area contributed by atoms with Crippen molar-refractivity contribution in [2.24, 2.45) is 0 Å². The first-order valence-electron chi connectivity index (χ1n) is 9.04. The first-order chi connectivity index (χ1) is 12.5. The van der Waals surface area contributed by atoms with Crippen LogP contribution in [0.4, 0.5) is 8.78 Å². The van der Waals surface area contributed by atoms with Crippen molar-refractivity contribution in [3.8, 4) is 5.75 Å². The molecule has 3 rings (SSSR count). The van der Waals surface area contributed by atoms with Gasteiger partial charge in [0.2, 0.25) is 0 Å². The van der Waals surface area contributed by atoms with Gasteiger partial charge in [-0.3, -0.25) is 4.90 Å². The van der Waals surface area contributed by atoms with Crippen molar-refractivity contribution in [3.63, 3.8) is 0 Å². The van der Waals surface area contributed by atoms with E-state index in [9.17, 15) is 13.9 Å². The van der Waals surface area contributed by atoms with Crippen molar-refractivity contribution in [1.82, 2.24) is 10.2 Å². The molecule has 0 radical (unpaired) electrons. The molecule has 0 amide bonds. The minimum atomic E-state index is -2.53. The number of nitrogens with zero attached hydrogens (tertiary/aromatic N) is 1. The molecule has 144 valence electrons. The van der Waals surface area contributed by atoms with E-state index in [-0.39, 0.29) is 18.7 Å². The Morgan fingerprint density at radius 3 is 2.62 bits per heavy atom. The van der Waals surface area contributed by atoms with E-state index >= 15 is 0 Å². The first kappa shape index (κ1) is 20.8. The molecule has 0 saturated carbocycles. The van der Waals surface area contributed by atoms with E-state index in [1.807, 2.05) is 30.5 Å². The van der Waals surface area contributed by atoms with Crippen molar-refractivity contribution in [3.05, 3.63) is 52.2 Å². The first-order valence-corrected chi connectivity index (χ1v) is 9.92. The summed E-state index contributed by atoms with van der Waals surface area (Å²) in [6.07, 6.45) is 3.03. The molecule has 6 heteroatoms. The molecular formula is C20H28F2N2OS. The van der Waals surface area contributed by atoms with Crippen LogP contribution in [-0.4, -0.2) is 49.2 Å². The lowest BCUT2D eigenvalue weighted by molar-refractivity contribution is 0.0123. The van der Waals surface area contributed by atoms with E-state index in [4.69, 9.17) is 0 Å². The molecule has 1 saturated heterocycles. The molecule has 0 aliphatic carbocycles.